The molecule has 1 aliphatic rings. The largest absolute Gasteiger partial charge is 0.381 e. The second-order valence-corrected chi connectivity index (χ2v) is 4.99. The Kier molecular flexibility index (Phi) is 4.03. The molecule has 1 aliphatic heterocycles. The summed E-state index contributed by atoms with van der Waals surface area (Å²) in [5, 5.41) is 14.4. The SMILES string of the molecule is CC(C)n1nc(C#CC2(O)CCOCC2)ccc1=O. The summed E-state index contributed by atoms with van der Waals surface area (Å²) >= 11 is 0. The molecule has 0 aromatic carbocycles. The van der Waals surface area contributed by atoms with Gasteiger partial charge in [0.25, 0.3) is 5.56 Å². The summed E-state index contributed by atoms with van der Waals surface area (Å²) in [4.78, 5) is 11.6. The van der Waals surface area contributed by atoms with Gasteiger partial charge in [-0.3, -0.25) is 4.79 Å². The molecule has 1 fully saturated rings. The van der Waals surface area contributed by atoms with E-state index in [-0.39, 0.29) is 11.6 Å². The van der Waals surface area contributed by atoms with Crippen molar-refractivity contribution >= 4 is 0 Å². The van der Waals surface area contributed by atoms with E-state index in [0.29, 0.717) is 31.7 Å². The van der Waals surface area contributed by atoms with Crippen LogP contribution in [-0.4, -0.2) is 33.7 Å². The molecule has 1 aromatic rings. The van der Waals surface area contributed by atoms with Crippen LogP contribution in [0.2, 0.25) is 0 Å². The molecule has 102 valence electrons. The lowest BCUT2D eigenvalue weighted by Gasteiger charge is -2.26. The Bertz CT molecular complexity index is 560. The van der Waals surface area contributed by atoms with Gasteiger partial charge in [0.05, 0.1) is 19.3 Å². The molecule has 0 spiro atoms. The molecular weight excluding hydrogens is 244 g/mol. The van der Waals surface area contributed by atoms with Crippen molar-refractivity contribution in [2.45, 2.75) is 38.3 Å². The zero-order valence-corrected chi connectivity index (χ0v) is 11.2. The lowest BCUT2D eigenvalue weighted by Crippen LogP contribution is -2.34. The molecule has 0 amide bonds. The van der Waals surface area contributed by atoms with Crippen molar-refractivity contribution in [2.75, 3.05) is 13.2 Å². The second kappa shape index (κ2) is 5.55. The maximum absolute atomic E-state index is 11.6. The lowest BCUT2D eigenvalue weighted by molar-refractivity contribution is -0.0262. The number of aromatic nitrogens is 2. The van der Waals surface area contributed by atoms with Gasteiger partial charge in [0.2, 0.25) is 0 Å². The molecule has 2 heterocycles. The topological polar surface area (TPSA) is 64.3 Å². The minimum absolute atomic E-state index is 0.0135. The van der Waals surface area contributed by atoms with Crippen molar-refractivity contribution in [1.29, 1.82) is 0 Å². The summed E-state index contributed by atoms with van der Waals surface area (Å²) in [6, 6.07) is 3.02. The molecule has 0 unspecified atom stereocenters. The van der Waals surface area contributed by atoms with E-state index in [4.69, 9.17) is 4.74 Å². The first-order chi connectivity index (χ1) is 9.00. The summed E-state index contributed by atoms with van der Waals surface area (Å²) < 4.78 is 6.58. The van der Waals surface area contributed by atoms with Crippen LogP contribution in [0, 0.1) is 11.8 Å². The number of rotatable bonds is 1. The van der Waals surface area contributed by atoms with Crippen LogP contribution in [0.5, 0.6) is 0 Å². The number of ether oxygens (including phenoxy) is 1. The van der Waals surface area contributed by atoms with Gasteiger partial charge in [-0.2, -0.15) is 5.10 Å². The molecule has 5 heteroatoms. The fourth-order valence-corrected chi connectivity index (χ4v) is 1.88. The molecule has 19 heavy (non-hydrogen) atoms. The Morgan fingerprint density at radius 3 is 2.74 bits per heavy atom. The third-order valence-electron chi connectivity index (χ3n) is 3.06. The Labute approximate surface area is 112 Å². The van der Waals surface area contributed by atoms with Crippen LogP contribution in [0.3, 0.4) is 0 Å². The summed E-state index contributed by atoms with van der Waals surface area (Å²) in [7, 11) is 0. The van der Waals surface area contributed by atoms with E-state index in [0.717, 1.165) is 0 Å². The van der Waals surface area contributed by atoms with E-state index in [2.05, 4.69) is 16.9 Å². The van der Waals surface area contributed by atoms with Crippen molar-refractivity contribution in [3.63, 3.8) is 0 Å². The summed E-state index contributed by atoms with van der Waals surface area (Å²) in [5.41, 5.74) is -0.655. The summed E-state index contributed by atoms with van der Waals surface area (Å²) in [5.74, 6) is 5.70. The van der Waals surface area contributed by atoms with E-state index in [1.165, 1.54) is 10.7 Å². The van der Waals surface area contributed by atoms with Crippen LogP contribution in [0.1, 0.15) is 38.4 Å². The molecule has 0 aliphatic carbocycles. The van der Waals surface area contributed by atoms with Crippen molar-refractivity contribution in [2.24, 2.45) is 0 Å². The highest BCUT2D eigenvalue weighted by atomic mass is 16.5. The van der Waals surface area contributed by atoms with Gasteiger partial charge in [-0.1, -0.05) is 5.92 Å². The van der Waals surface area contributed by atoms with Gasteiger partial charge in [0.1, 0.15) is 11.3 Å². The second-order valence-electron chi connectivity index (χ2n) is 4.99. The van der Waals surface area contributed by atoms with Gasteiger partial charge in [-0.25, -0.2) is 4.68 Å². The first-order valence-corrected chi connectivity index (χ1v) is 6.43. The average molecular weight is 262 g/mol. The monoisotopic (exact) mass is 262 g/mol. The average Bonchev–Trinajstić information content (AvgIpc) is 2.38. The van der Waals surface area contributed by atoms with Crippen LogP contribution in [-0.2, 0) is 4.74 Å². The van der Waals surface area contributed by atoms with Gasteiger partial charge >= 0.3 is 0 Å². The van der Waals surface area contributed by atoms with Gasteiger partial charge in [0, 0.05) is 18.9 Å². The van der Waals surface area contributed by atoms with Crippen LogP contribution < -0.4 is 5.56 Å². The van der Waals surface area contributed by atoms with E-state index < -0.39 is 5.60 Å². The maximum atomic E-state index is 11.6. The van der Waals surface area contributed by atoms with Crippen LogP contribution >= 0.6 is 0 Å². The van der Waals surface area contributed by atoms with Crippen molar-refractivity contribution in [1.82, 2.24) is 9.78 Å². The highest BCUT2D eigenvalue weighted by molar-refractivity contribution is 5.29. The third kappa shape index (κ3) is 3.43. The van der Waals surface area contributed by atoms with Gasteiger partial charge in [-0.15, -0.1) is 0 Å². The van der Waals surface area contributed by atoms with Crippen molar-refractivity contribution in [3.05, 3.63) is 28.2 Å². The molecule has 0 bridgehead atoms. The molecule has 1 N–H and O–H groups in total. The number of nitrogens with zero attached hydrogens (tertiary/aromatic N) is 2. The molecule has 5 nitrogen and oxygen atoms in total. The van der Waals surface area contributed by atoms with Crippen LogP contribution in [0.25, 0.3) is 0 Å². The predicted molar refractivity (Wildman–Crippen MR) is 70.8 cm³/mol. The summed E-state index contributed by atoms with van der Waals surface area (Å²) in [6.45, 7) is 4.81. The number of hydrogen-bond acceptors (Lipinski definition) is 4. The Morgan fingerprint density at radius 2 is 2.11 bits per heavy atom. The normalized spacial score (nSPS) is 17.9. The molecule has 0 saturated carbocycles. The van der Waals surface area contributed by atoms with Crippen molar-refractivity contribution < 1.29 is 9.84 Å². The third-order valence-corrected chi connectivity index (χ3v) is 3.06. The molecule has 1 saturated heterocycles. The fourth-order valence-electron chi connectivity index (χ4n) is 1.88. The zero-order chi connectivity index (χ0) is 13.9. The van der Waals surface area contributed by atoms with Gasteiger partial charge in [0.15, 0.2) is 0 Å². The zero-order valence-electron chi connectivity index (χ0n) is 11.2. The molecule has 2 rings (SSSR count). The van der Waals surface area contributed by atoms with E-state index in [1.807, 2.05) is 13.8 Å². The number of hydrogen-bond donors (Lipinski definition) is 1. The maximum Gasteiger partial charge on any atom is 0.267 e. The van der Waals surface area contributed by atoms with E-state index in [1.54, 1.807) is 6.07 Å². The van der Waals surface area contributed by atoms with Crippen molar-refractivity contribution in [3.8, 4) is 11.8 Å². The summed E-state index contributed by atoms with van der Waals surface area (Å²) in [6.07, 6.45) is 1.01. The molecule has 0 atom stereocenters. The highest BCUT2D eigenvalue weighted by Gasteiger charge is 2.27. The molecule has 1 aromatic heterocycles. The Morgan fingerprint density at radius 1 is 1.42 bits per heavy atom. The molecule has 0 radical (unpaired) electrons. The fraction of sp³-hybridized carbons (Fsp3) is 0.571. The smallest absolute Gasteiger partial charge is 0.267 e. The number of aliphatic hydroxyl groups is 1. The van der Waals surface area contributed by atoms with E-state index >= 15 is 0 Å². The van der Waals surface area contributed by atoms with E-state index in [9.17, 15) is 9.90 Å². The predicted octanol–water partition coefficient (Wildman–Crippen LogP) is 0.717. The lowest BCUT2D eigenvalue weighted by atomic mass is 9.95. The van der Waals surface area contributed by atoms with Gasteiger partial charge < -0.3 is 9.84 Å². The first-order valence-electron chi connectivity index (χ1n) is 6.43. The Hall–Kier alpha value is -1.64. The first kappa shape index (κ1) is 13.8. The highest BCUT2D eigenvalue weighted by Crippen LogP contribution is 2.19. The minimum atomic E-state index is -1.00. The molecular formula is C14H18N2O3. The van der Waals surface area contributed by atoms with Crippen LogP contribution in [0.15, 0.2) is 16.9 Å². The van der Waals surface area contributed by atoms with Gasteiger partial charge in [-0.05, 0) is 25.8 Å². The standard InChI is InChI=1S/C14H18N2O3/c1-11(2)16-13(17)4-3-12(15-16)5-6-14(18)7-9-19-10-8-14/h3-4,11,18H,7-10H2,1-2H3. The quantitative estimate of drug-likeness (QED) is 0.757. The Balaban J connectivity index is 2.24. The van der Waals surface area contributed by atoms with Crippen LogP contribution in [0.4, 0.5) is 0 Å². The minimum Gasteiger partial charge on any atom is -0.381 e.